The zero-order chi connectivity index (χ0) is 10.8. The third-order valence-corrected chi connectivity index (χ3v) is 2.78. The Morgan fingerprint density at radius 3 is 2.21 bits per heavy atom. The minimum Gasteiger partial charge on any atom is -0.378 e. The van der Waals surface area contributed by atoms with Crippen LogP contribution in [0.1, 0.15) is 26.2 Å². The minimum atomic E-state index is -4.07. The highest BCUT2D eigenvalue weighted by Crippen LogP contribution is 2.34. The third-order valence-electron chi connectivity index (χ3n) is 2.78. The molecule has 1 rings (SSSR count). The largest absolute Gasteiger partial charge is 0.391 e. The highest BCUT2D eigenvalue weighted by atomic mass is 19.4. The van der Waals surface area contributed by atoms with E-state index in [0.29, 0.717) is 19.5 Å². The summed E-state index contributed by atoms with van der Waals surface area (Å²) in [6.45, 7) is 2.51. The Morgan fingerprint density at radius 1 is 1.36 bits per heavy atom. The molecule has 14 heavy (non-hydrogen) atoms. The molecule has 0 aromatic rings. The lowest BCUT2D eigenvalue weighted by molar-refractivity contribution is -0.189. The summed E-state index contributed by atoms with van der Waals surface area (Å²) < 4.78 is 36.8. The maximum Gasteiger partial charge on any atom is 0.391 e. The molecule has 0 aliphatic carbocycles. The molecule has 0 aromatic carbocycles. The first-order valence-corrected chi connectivity index (χ1v) is 4.94. The summed E-state index contributed by atoms with van der Waals surface area (Å²) in [6, 6.07) is 0. The molecule has 1 saturated heterocycles. The Balaban J connectivity index is 2.39. The van der Waals surface area contributed by atoms with Gasteiger partial charge in [0, 0.05) is 13.1 Å². The van der Waals surface area contributed by atoms with Crippen molar-refractivity contribution < 1.29 is 18.3 Å². The van der Waals surface area contributed by atoms with E-state index in [9.17, 15) is 18.3 Å². The van der Waals surface area contributed by atoms with Crippen molar-refractivity contribution in [3.63, 3.8) is 0 Å². The summed E-state index contributed by atoms with van der Waals surface area (Å²) >= 11 is 0. The second-order valence-electron chi connectivity index (χ2n) is 3.74. The van der Waals surface area contributed by atoms with E-state index in [1.807, 2.05) is 6.92 Å². The molecular formula is C9H16F3NO. The predicted molar refractivity (Wildman–Crippen MR) is 46.6 cm³/mol. The molecule has 1 unspecified atom stereocenters. The van der Waals surface area contributed by atoms with Gasteiger partial charge in [0.1, 0.15) is 6.23 Å². The molecule has 0 amide bonds. The Labute approximate surface area is 81.7 Å². The molecule has 1 fully saturated rings. The summed E-state index contributed by atoms with van der Waals surface area (Å²) in [7, 11) is 0. The predicted octanol–water partition coefficient (Wildman–Crippen LogP) is 1.99. The van der Waals surface area contributed by atoms with Gasteiger partial charge in [-0.3, -0.25) is 4.90 Å². The van der Waals surface area contributed by atoms with Crippen LogP contribution < -0.4 is 0 Å². The standard InChI is InChI=1S/C9H16F3NO/c1-2-8(14)13-5-3-7(4-6-13)9(10,11)12/h7-8,14H,2-6H2,1H3. The monoisotopic (exact) mass is 211 g/mol. The van der Waals surface area contributed by atoms with Crippen LogP contribution >= 0.6 is 0 Å². The van der Waals surface area contributed by atoms with Gasteiger partial charge in [-0.2, -0.15) is 13.2 Å². The van der Waals surface area contributed by atoms with Crippen LogP contribution in [0.5, 0.6) is 0 Å². The van der Waals surface area contributed by atoms with E-state index in [2.05, 4.69) is 0 Å². The normalized spacial score (nSPS) is 23.8. The van der Waals surface area contributed by atoms with E-state index in [1.165, 1.54) is 0 Å². The van der Waals surface area contributed by atoms with Crippen LogP contribution in [0, 0.1) is 5.92 Å². The lowest BCUT2D eigenvalue weighted by Gasteiger charge is -2.35. The van der Waals surface area contributed by atoms with Crippen LogP contribution in [-0.4, -0.2) is 35.5 Å². The van der Waals surface area contributed by atoms with Gasteiger partial charge >= 0.3 is 6.18 Å². The van der Waals surface area contributed by atoms with Crippen molar-refractivity contribution in [2.75, 3.05) is 13.1 Å². The van der Waals surface area contributed by atoms with Gasteiger partial charge in [-0.25, -0.2) is 0 Å². The van der Waals surface area contributed by atoms with Gasteiger partial charge in [0.2, 0.25) is 0 Å². The number of piperidine rings is 1. The fourth-order valence-electron chi connectivity index (χ4n) is 1.78. The molecule has 0 bridgehead atoms. The van der Waals surface area contributed by atoms with Gasteiger partial charge in [-0.15, -0.1) is 0 Å². The number of alkyl halides is 3. The van der Waals surface area contributed by atoms with Gasteiger partial charge in [0.25, 0.3) is 0 Å². The first-order valence-electron chi connectivity index (χ1n) is 4.94. The number of halogens is 3. The van der Waals surface area contributed by atoms with Crippen LogP contribution in [0.3, 0.4) is 0 Å². The van der Waals surface area contributed by atoms with E-state index in [-0.39, 0.29) is 12.8 Å². The molecule has 1 aliphatic heterocycles. The topological polar surface area (TPSA) is 23.5 Å². The lowest BCUT2D eigenvalue weighted by atomic mass is 9.96. The number of hydrogen-bond donors (Lipinski definition) is 1. The van der Waals surface area contributed by atoms with Crippen LogP contribution in [-0.2, 0) is 0 Å². The summed E-state index contributed by atoms with van der Waals surface area (Å²) in [5, 5.41) is 9.42. The van der Waals surface area contributed by atoms with Crippen molar-refractivity contribution in [1.29, 1.82) is 0 Å². The number of aliphatic hydroxyl groups is 1. The number of rotatable bonds is 2. The van der Waals surface area contributed by atoms with E-state index in [4.69, 9.17) is 0 Å². The molecule has 1 atom stereocenters. The van der Waals surface area contributed by atoms with Crippen molar-refractivity contribution in [1.82, 2.24) is 4.90 Å². The first-order chi connectivity index (χ1) is 6.45. The number of likely N-dealkylation sites (tertiary alicyclic amines) is 1. The molecule has 0 saturated carbocycles. The quantitative estimate of drug-likeness (QED) is 0.755. The fraction of sp³-hybridized carbons (Fsp3) is 1.00. The summed E-state index contributed by atoms with van der Waals surface area (Å²) in [5.41, 5.74) is 0. The minimum absolute atomic E-state index is 0.112. The van der Waals surface area contributed by atoms with Crippen molar-refractivity contribution in [2.45, 2.75) is 38.6 Å². The van der Waals surface area contributed by atoms with Crippen molar-refractivity contribution in [2.24, 2.45) is 5.92 Å². The highest BCUT2D eigenvalue weighted by Gasteiger charge is 2.41. The molecule has 84 valence electrons. The molecule has 0 radical (unpaired) electrons. The second kappa shape index (κ2) is 4.49. The van der Waals surface area contributed by atoms with Crippen molar-refractivity contribution in [3.05, 3.63) is 0 Å². The smallest absolute Gasteiger partial charge is 0.378 e. The molecular weight excluding hydrogens is 195 g/mol. The lowest BCUT2D eigenvalue weighted by Crippen LogP contribution is -2.44. The average molecular weight is 211 g/mol. The Bertz CT molecular complexity index is 175. The van der Waals surface area contributed by atoms with Crippen LogP contribution in [0.25, 0.3) is 0 Å². The van der Waals surface area contributed by atoms with Crippen molar-refractivity contribution in [3.8, 4) is 0 Å². The second-order valence-corrected chi connectivity index (χ2v) is 3.74. The zero-order valence-electron chi connectivity index (χ0n) is 8.22. The Kier molecular flexibility index (Phi) is 3.78. The summed E-state index contributed by atoms with van der Waals surface area (Å²) in [6.07, 6.45) is -3.86. The van der Waals surface area contributed by atoms with E-state index in [0.717, 1.165) is 0 Å². The van der Waals surface area contributed by atoms with Gasteiger partial charge in [0.15, 0.2) is 0 Å². The van der Waals surface area contributed by atoms with Crippen LogP contribution in [0.4, 0.5) is 13.2 Å². The number of aliphatic hydroxyl groups excluding tert-OH is 1. The van der Waals surface area contributed by atoms with E-state index < -0.39 is 18.3 Å². The molecule has 5 heteroatoms. The van der Waals surface area contributed by atoms with E-state index >= 15 is 0 Å². The van der Waals surface area contributed by atoms with Gasteiger partial charge in [-0.1, -0.05) is 6.92 Å². The molecule has 0 spiro atoms. The third kappa shape index (κ3) is 2.85. The maximum atomic E-state index is 12.3. The number of nitrogens with zero attached hydrogens (tertiary/aromatic N) is 1. The molecule has 1 aliphatic rings. The van der Waals surface area contributed by atoms with Crippen LogP contribution in [0.2, 0.25) is 0 Å². The van der Waals surface area contributed by atoms with E-state index in [1.54, 1.807) is 4.90 Å². The molecule has 2 nitrogen and oxygen atoms in total. The average Bonchev–Trinajstić information content (AvgIpc) is 2.15. The summed E-state index contributed by atoms with van der Waals surface area (Å²) in [4.78, 5) is 1.71. The molecule has 0 aromatic heterocycles. The SMILES string of the molecule is CCC(O)N1CCC(C(F)(F)F)CC1. The molecule has 1 heterocycles. The maximum absolute atomic E-state index is 12.3. The zero-order valence-corrected chi connectivity index (χ0v) is 8.22. The van der Waals surface area contributed by atoms with Crippen molar-refractivity contribution >= 4 is 0 Å². The molecule has 1 N–H and O–H groups in total. The first kappa shape index (κ1) is 11.8. The fourth-order valence-corrected chi connectivity index (χ4v) is 1.78. The summed E-state index contributed by atoms with van der Waals surface area (Å²) in [5.74, 6) is -1.18. The van der Waals surface area contributed by atoms with Gasteiger partial charge in [-0.05, 0) is 19.3 Å². The van der Waals surface area contributed by atoms with Crippen LogP contribution in [0.15, 0.2) is 0 Å². The van der Waals surface area contributed by atoms with Gasteiger partial charge < -0.3 is 5.11 Å². The highest BCUT2D eigenvalue weighted by molar-refractivity contribution is 4.77. The Morgan fingerprint density at radius 2 is 1.86 bits per heavy atom. The Hall–Kier alpha value is -0.290. The van der Waals surface area contributed by atoms with Gasteiger partial charge in [0.05, 0.1) is 5.92 Å². The number of hydrogen-bond acceptors (Lipinski definition) is 2.